The van der Waals surface area contributed by atoms with Crippen molar-refractivity contribution in [1.82, 2.24) is 0 Å². The van der Waals surface area contributed by atoms with Crippen molar-refractivity contribution in [3.05, 3.63) is 35.9 Å². The Morgan fingerprint density at radius 1 is 1.13 bits per heavy atom. The van der Waals surface area contributed by atoms with Crippen molar-refractivity contribution in [2.24, 2.45) is 11.7 Å². The summed E-state index contributed by atoms with van der Waals surface area (Å²) >= 11 is 0. The molecule has 1 aromatic rings. The van der Waals surface area contributed by atoms with Crippen molar-refractivity contribution in [1.29, 1.82) is 0 Å². The highest BCUT2D eigenvalue weighted by atomic mass is 16.5. The summed E-state index contributed by atoms with van der Waals surface area (Å²) in [6.45, 7) is 7.07. The van der Waals surface area contributed by atoms with E-state index in [4.69, 9.17) is 10.5 Å². The predicted molar refractivity (Wildman–Crippen MR) is 63.6 cm³/mol. The summed E-state index contributed by atoms with van der Waals surface area (Å²) in [5.74, 6) is 0.551. The lowest BCUT2D eigenvalue weighted by Gasteiger charge is -2.21. The fraction of sp³-hybridized carbons (Fsp3) is 0.538. The predicted octanol–water partition coefficient (Wildman–Crippen LogP) is 2.75. The standard InChI is InChI=1S/C13H21NO/c1-10(2)9-15-11(3)13(14)12-7-5-4-6-8-12/h4-8,10-11,13H,9,14H2,1-3H3. The van der Waals surface area contributed by atoms with Crippen LogP contribution in [0.2, 0.25) is 0 Å². The van der Waals surface area contributed by atoms with Gasteiger partial charge in [-0.25, -0.2) is 0 Å². The summed E-state index contributed by atoms with van der Waals surface area (Å²) in [5.41, 5.74) is 7.23. The Morgan fingerprint density at radius 3 is 2.27 bits per heavy atom. The van der Waals surface area contributed by atoms with Gasteiger partial charge in [0.15, 0.2) is 0 Å². The molecule has 0 amide bonds. The van der Waals surface area contributed by atoms with Gasteiger partial charge in [0, 0.05) is 6.61 Å². The summed E-state index contributed by atoms with van der Waals surface area (Å²) < 4.78 is 5.69. The molecule has 15 heavy (non-hydrogen) atoms. The number of hydrogen-bond acceptors (Lipinski definition) is 2. The van der Waals surface area contributed by atoms with Crippen LogP contribution in [0.15, 0.2) is 30.3 Å². The molecule has 1 rings (SSSR count). The van der Waals surface area contributed by atoms with E-state index in [2.05, 4.69) is 13.8 Å². The van der Waals surface area contributed by atoms with Crippen molar-refractivity contribution in [3.8, 4) is 0 Å². The second kappa shape index (κ2) is 5.89. The van der Waals surface area contributed by atoms with Crippen LogP contribution < -0.4 is 5.73 Å². The molecule has 0 saturated heterocycles. The lowest BCUT2D eigenvalue weighted by molar-refractivity contribution is 0.0314. The molecule has 0 aliphatic rings. The van der Waals surface area contributed by atoms with E-state index in [0.29, 0.717) is 5.92 Å². The second-order valence-corrected chi connectivity index (χ2v) is 4.37. The van der Waals surface area contributed by atoms with Gasteiger partial charge in [-0.05, 0) is 18.4 Å². The maximum absolute atomic E-state index is 6.10. The third-order valence-electron chi connectivity index (χ3n) is 2.38. The van der Waals surface area contributed by atoms with Crippen molar-refractivity contribution in [2.45, 2.75) is 32.9 Å². The molecule has 0 aliphatic carbocycles. The lowest BCUT2D eigenvalue weighted by atomic mass is 10.0. The average molecular weight is 207 g/mol. The first-order valence-electron chi connectivity index (χ1n) is 5.53. The largest absolute Gasteiger partial charge is 0.376 e. The minimum atomic E-state index is -0.0371. The van der Waals surface area contributed by atoms with Gasteiger partial charge in [-0.15, -0.1) is 0 Å². The topological polar surface area (TPSA) is 35.2 Å². The molecule has 2 nitrogen and oxygen atoms in total. The van der Waals surface area contributed by atoms with Gasteiger partial charge in [0.2, 0.25) is 0 Å². The van der Waals surface area contributed by atoms with E-state index in [1.165, 1.54) is 0 Å². The fourth-order valence-electron chi connectivity index (χ4n) is 1.39. The Hall–Kier alpha value is -0.860. The van der Waals surface area contributed by atoms with Crippen LogP contribution in [0.25, 0.3) is 0 Å². The SMILES string of the molecule is CC(C)COC(C)C(N)c1ccccc1. The monoisotopic (exact) mass is 207 g/mol. The molecule has 0 heterocycles. The third-order valence-corrected chi connectivity index (χ3v) is 2.38. The van der Waals surface area contributed by atoms with E-state index in [1.807, 2.05) is 37.3 Å². The third kappa shape index (κ3) is 4.02. The molecule has 0 aromatic heterocycles. The van der Waals surface area contributed by atoms with Crippen LogP contribution in [-0.4, -0.2) is 12.7 Å². The first kappa shape index (κ1) is 12.2. The molecule has 0 bridgehead atoms. The molecule has 0 saturated carbocycles. The Kier molecular flexibility index (Phi) is 4.79. The van der Waals surface area contributed by atoms with Gasteiger partial charge >= 0.3 is 0 Å². The van der Waals surface area contributed by atoms with E-state index in [0.717, 1.165) is 12.2 Å². The molecule has 2 heteroatoms. The lowest BCUT2D eigenvalue weighted by Crippen LogP contribution is -2.27. The van der Waals surface area contributed by atoms with Gasteiger partial charge in [0.1, 0.15) is 0 Å². The Balaban J connectivity index is 2.49. The van der Waals surface area contributed by atoms with Gasteiger partial charge in [-0.3, -0.25) is 0 Å². The van der Waals surface area contributed by atoms with Crippen molar-refractivity contribution < 1.29 is 4.74 Å². The number of nitrogens with two attached hydrogens (primary N) is 1. The summed E-state index contributed by atoms with van der Waals surface area (Å²) in [5, 5.41) is 0. The van der Waals surface area contributed by atoms with Crippen LogP contribution in [0, 0.1) is 5.92 Å². The van der Waals surface area contributed by atoms with Crippen LogP contribution in [0.1, 0.15) is 32.4 Å². The Morgan fingerprint density at radius 2 is 1.73 bits per heavy atom. The van der Waals surface area contributed by atoms with E-state index in [1.54, 1.807) is 0 Å². The van der Waals surface area contributed by atoms with Gasteiger partial charge < -0.3 is 10.5 Å². The number of benzene rings is 1. The van der Waals surface area contributed by atoms with E-state index in [-0.39, 0.29) is 12.1 Å². The van der Waals surface area contributed by atoms with Gasteiger partial charge in [-0.2, -0.15) is 0 Å². The molecule has 2 atom stereocenters. The molecule has 2 N–H and O–H groups in total. The maximum atomic E-state index is 6.10. The molecule has 0 aliphatic heterocycles. The van der Waals surface area contributed by atoms with Gasteiger partial charge in [0.05, 0.1) is 12.1 Å². The number of ether oxygens (including phenoxy) is 1. The van der Waals surface area contributed by atoms with E-state index >= 15 is 0 Å². The highest BCUT2D eigenvalue weighted by molar-refractivity contribution is 5.19. The normalized spacial score (nSPS) is 15.3. The van der Waals surface area contributed by atoms with Crippen LogP contribution in [-0.2, 0) is 4.74 Å². The van der Waals surface area contributed by atoms with Crippen molar-refractivity contribution >= 4 is 0 Å². The number of rotatable bonds is 5. The van der Waals surface area contributed by atoms with Gasteiger partial charge in [-0.1, -0.05) is 44.2 Å². The molecule has 84 valence electrons. The first-order chi connectivity index (χ1) is 7.11. The minimum absolute atomic E-state index is 0.0371. The summed E-state index contributed by atoms with van der Waals surface area (Å²) in [6.07, 6.45) is 0.0646. The van der Waals surface area contributed by atoms with Crippen LogP contribution in [0.5, 0.6) is 0 Å². The average Bonchev–Trinajstić information content (AvgIpc) is 2.26. The fourth-order valence-corrected chi connectivity index (χ4v) is 1.39. The van der Waals surface area contributed by atoms with E-state index in [9.17, 15) is 0 Å². The highest BCUT2D eigenvalue weighted by Gasteiger charge is 2.15. The Bertz CT molecular complexity index is 271. The first-order valence-corrected chi connectivity index (χ1v) is 5.53. The van der Waals surface area contributed by atoms with E-state index < -0.39 is 0 Å². The molecule has 0 spiro atoms. The van der Waals surface area contributed by atoms with Crippen LogP contribution in [0.3, 0.4) is 0 Å². The van der Waals surface area contributed by atoms with Gasteiger partial charge in [0.25, 0.3) is 0 Å². The molecule has 1 aromatic carbocycles. The smallest absolute Gasteiger partial charge is 0.0739 e. The second-order valence-electron chi connectivity index (χ2n) is 4.37. The summed E-state index contributed by atoms with van der Waals surface area (Å²) in [7, 11) is 0. The zero-order valence-corrected chi connectivity index (χ0v) is 9.81. The van der Waals surface area contributed by atoms with Crippen LogP contribution >= 0.6 is 0 Å². The molecule has 0 radical (unpaired) electrons. The molecular formula is C13H21NO. The Labute approximate surface area is 92.4 Å². The molecule has 2 unspecified atom stereocenters. The zero-order valence-electron chi connectivity index (χ0n) is 9.81. The molecule has 0 fully saturated rings. The summed E-state index contributed by atoms with van der Waals surface area (Å²) in [6, 6.07) is 10.1. The van der Waals surface area contributed by atoms with Crippen LogP contribution in [0.4, 0.5) is 0 Å². The summed E-state index contributed by atoms with van der Waals surface area (Å²) in [4.78, 5) is 0. The molecular weight excluding hydrogens is 186 g/mol. The van der Waals surface area contributed by atoms with Crippen molar-refractivity contribution in [2.75, 3.05) is 6.61 Å². The van der Waals surface area contributed by atoms with Crippen molar-refractivity contribution in [3.63, 3.8) is 0 Å². The quantitative estimate of drug-likeness (QED) is 0.805. The number of hydrogen-bond donors (Lipinski definition) is 1. The highest BCUT2D eigenvalue weighted by Crippen LogP contribution is 2.16. The minimum Gasteiger partial charge on any atom is -0.376 e. The zero-order chi connectivity index (χ0) is 11.3. The maximum Gasteiger partial charge on any atom is 0.0739 e.